The highest BCUT2D eigenvalue weighted by Crippen LogP contribution is 2.15. The number of ether oxygens (including phenoxy) is 3. The Bertz CT molecular complexity index is 1060. The molecule has 0 bridgehead atoms. The number of rotatable bonds is 46. The second-order valence-corrected chi connectivity index (χ2v) is 17.1. The third kappa shape index (κ3) is 46.4. The largest absolute Gasteiger partial charge is 0.462 e. The molecule has 1 unspecified atom stereocenters. The summed E-state index contributed by atoms with van der Waals surface area (Å²) in [5, 5.41) is 0. The fourth-order valence-corrected chi connectivity index (χ4v) is 7.23. The Labute approximate surface area is 371 Å². The molecule has 0 saturated heterocycles. The predicted molar refractivity (Wildman–Crippen MR) is 256 cm³/mol. The number of esters is 3. The Balaban J connectivity index is 4.37. The summed E-state index contributed by atoms with van der Waals surface area (Å²) < 4.78 is 16.7. The van der Waals surface area contributed by atoms with E-state index in [4.69, 9.17) is 14.2 Å². The average molecular weight is 841 g/mol. The van der Waals surface area contributed by atoms with Crippen LogP contribution < -0.4 is 0 Å². The molecule has 6 heteroatoms. The molecule has 0 amide bonds. The van der Waals surface area contributed by atoms with E-state index in [1.54, 1.807) is 0 Å². The summed E-state index contributed by atoms with van der Waals surface area (Å²) in [6, 6.07) is 0. The lowest BCUT2D eigenvalue weighted by atomic mass is 10.0. The first kappa shape index (κ1) is 57.4. The van der Waals surface area contributed by atoms with E-state index in [9.17, 15) is 14.4 Å². The number of unbranched alkanes of at least 4 members (excludes halogenated alkanes) is 27. The van der Waals surface area contributed by atoms with E-state index in [2.05, 4.69) is 69.4 Å². The minimum absolute atomic E-state index is 0.0909. The molecule has 0 aliphatic rings. The maximum absolute atomic E-state index is 12.8. The van der Waals surface area contributed by atoms with Gasteiger partial charge in [-0.15, -0.1) is 0 Å². The Kier molecular flexibility index (Phi) is 46.9. The summed E-state index contributed by atoms with van der Waals surface area (Å²) >= 11 is 0. The van der Waals surface area contributed by atoms with Gasteiger partial charge in [0.15, 0.2) is 6.10 Å². The number of hydrogen-bond donors (Lipinski definition) is 0. The van der Waals surface area contributed by atoms with Crippen molar-refractivity contribution in [2.45, 2.75) is 264 Å². The first-order valence-electron chi connectivity index (χ1n) is 25.6. The molecular weight excluding hydrogens is 745 g/mol. The lowest BCUT2D eigenvalue weighted by Gasteiger charge is -2.18. The maximum Gasteiger partial charge on any atom is 0.306 e. The van der Waals surface area contributed by atoms with Crippen LogP contribution in [0.25, 0.3) is 0 Å². The van der Waals surface area contributed by atoms with Gasteiger partial charge in [0.2, 0.25) is 0 Å². The van der Waals surface area contributed by atoms with Gasteiger partial charge in [-0.3, -0.25) is 14.4 Å². The SMILES string of the molecule is CC/C=C\C/C=C\C/C=C\CCCC(=O)OCC(COC(=O)CCCCCCC/C=C\CCCCCCCCCCC)OC(=O)CCCCCCCCCCCCCCC. The van der Waals surface area contributed by atoms with Crippen molar-refractivity contribution < 1.29 is 28.6 Å². The monoisotopic (exact) mass is 841 g/mol. The van der Waals surface area contributed by atoms with Gasteiger partial charge in [-0.1, -0.05) is 217 Å². The Morgan fingerprint density at radius 1 is 0.350 bits per heavy atom. The summed E-state index contributed by atoms with van der Waals surface area (Å²) in [6.07, 6.45) is 58.2. The first-order valence-corrected chi connectivity index (χ1v) is 25.6. The molecule has 348 valence electrons. The van der Waals surface area contributed by atoms with Gasteiger partial charge in [0.1, 0.15) is 13.2 Å². The third-order valence-corrected chi connectivity index (χ3v) is 11.1. The van der Waals surface area contributed by atoms with Gasteiger partial charge in [-0.2, -0.15) is 0 Å². The number of allylic oxidation sites excluding steroid dienone is 8. The van der Waals surface area contributed by atoms with Gasteiger partial charge in [-0.25, -0.2) is 0 Å². The van der Waals surface area contributed by atoms with Crippen molar-refractivity contribution in [3.8, 4) is 0 Å². The second-order valence-electron chi connectivity index (χ2n) is 17.1. The van der Waals surface area contributed by atoms with Crippen molar-refractivity contribution in [3.05, 3.63) is 48.6 Å². The van der Waals surface area contributed by atoms with Gasteiger partial charge in [0.05, 0.1) is 0 Å². The average Bonchev–Trinajstić information content (AvgIpc) is 3.24. The van der Waals surface area contributed by atoms with Crippen LogP contribution in [0.1, 0.15) is 258 Å². The molecule has 0 rings (SSSR count). The van der Waals surface area contributed by atoms with Crippen molar-refractivity contribution in [2.24, 2.45) is 0 Å². The fraction of sp³-hybridized carbons (Fsp3) is 0.796. The van der Waals surface area contributed by atoms with Gasteiger partial charge in [-0.05, 0) is 70.6 Å². The standard InChI is InChI=1S/C54H96O6/c1-4-7-10-13-16-19-22-24-25-26-27-28-30-32-35-38-41-44-47-53(56)59-50-51(49-58-52(55)46-43-40-37-34-31-21-18-15-12-9-6-3)60-54(57)48-45-42-39-36-33-29-23-20-17-14-11-8-5-2/h9,12,18,21,27-28,34,37,51H,4-8,10-11,13-17,19-20,22-26,29-33,35-36,38-50H2,1-3H3/b12-9-,21-18-,28-27-,37-34-. The Morgan fingerprint density at radius 3 is 1.10 bits per heavy atom. The van der Waals surface area contributed by atoms with E-state index < -0.39 is 6.10 Å². The number of carbonyl (C=O) groups is 3. The minimum Gasteiger partial charge on any atom is -0.462 e. The highest BCUT2D eigenvalue weighted by atomic mass is 16.6. The normalized spacial score (nSPS) is 12.4. The zero-order valence-corrected chi connectivity index (χ0v) is 39.7. The molecule has 0 N–H and O–H groups in total. The molecule has 0 aliphatic carbocycles. The molecule has 6 nitrogen and oxygen atoms in total. The van der Waals surface area contributed by atoms with Crippen LogP contribution in [-0.2, 0) is 28.6 Å². The Hall–Kier alpha value is -2.63. The van der Waals surface area contributed by atoms with E-state index in [-0.39, 0.29) is 37.5 Å². The maximum atomic E-state index is 12.8. The van der Waals surface area contributed by atoms with Gasteiger partial charge in [0, 0.05) is 19.3 Å². The van der Waals surface area contributed by atoms with Gasteiger partial charge in [0.25, 0.3) is 0 Å². The third-order valence-electron chi connectivity index (χ3n) is 11.1. The molecule has 1 atom stereocenters. The van der Waals surface area contributed by atoms with Crippen molar-refractivity contribution in [3.63, 3.8) is 0 Å². The summed E-state index contributed by atoms with van der Waals surface area (Å²) in [7, 11) is 0. The molecule has 0 aliphatic heterocycles. The molecule has 0 radical (unpaired) electrons. The van der Waals surface area contributed by atoms with Crippen LogP contribution >= 0.6 is 0 Å². The van der Waals surface area contributed by atoms with Crippen molar-refractivity contribution in [2.75, 3.05) is 13.2 Å². The van der Waals surface area contributed by atoms with E-state index >= 15 is 0 Å². The molecular formula is C54H96O6. The summed E-state index contributed by atoms with van der Waals surface area (Å²) in [6.45, 7) is 6.48. The van der Waals surface area contributed by atoms with Crippen LogP contribution in [0.4, 0.5) is 0 Å². The number of carbonyl (C=O) groups excluding carboxylic acids is 3. The summed E-state index contributed by atoms with van der Waals surface area (Å²) in [5.41, 5.74) is 0. The van der Waals surface area contributed by atoms with Crippen molar-refractivity contribution in [1.82, 2.24) is 0 Å². The molecule has 0 fully saturated rings. The molecule has 0 spiro atoms. The van der Waals surface area contributed by atoms with E-state index in [1.807, 2.05) is 0 Å². The topological polar surface area (TPSA) is 78.9 Å². The number of hydrogen-bond acceptors (Lipinski definition) is 6. The zero-order valence-electron chi connectivity index (χ0n) is 39.7. The molecule has 0 saturated carbocycles. The highest BCUT2D eigenvalue weighted by molar-refractivity contribution is 5.71. The van der Waals surface area contributed by atoms with Gasteiger partial charge < -0.3 is 14.2 Å². The molecule has 0 aromatic rings. The van der Waals surface area contributed by atoms with Crippen LogP contribution in [-0.4, -0.2) is 37.2 Å². The lowest BCUT2D eigenvalue weighted by molar-refractivity contribution is -0.167. The van der Waals surface area contributed by atoms with E-state index in [0.717, 1.165) is 70.6 Å². The quantitative estimate of drug-likeness (QED) is 0.0263. The van der Waals surface area contributed by atoms with Crippen LogP contribution in [0.15, 0.2) is 48.6 Å². The van der Waals surface area contributed by atoms with Crippen LogP contribution in [0.2, 0.25) is 0 Å². The van der Waals surface area contributed by atoms with Crippen LogP contribution in [0, 0.1) is 0 Å². The fourth-order valence-electron chi connectivity index (χ4n) is 7.23. The molecule has 60 heavy (non-hydrogen) atoms. The molecule has 0 aromatic carbocycles. The van der Waals surface area contributed by atoms with Crippen molar-refractivity contribution in [1.29, 1.82) is 0 Å². The van der Waals surface area contributed by atoms with Crippen molar-refractivity contribution >= 4 is 17.9 Å². The first-order chi connectivity index (χ1) is 29.5. The second kappa shape index (κ2) is 49.0. The molecule has 0 heterocycles. The minimum atomic E-state index is -0.792. The highest BCUT2D eigenvalue weighted by Gasteiger charge is 2.19. The zero-order chi connectivity index (χ0) is 43.7. The van der Waals surface area contributed by atoms with Crippen LogP contribution in [0.5, 0.6) is 0 Å². The molecule has 0 aromatic heterocycles. The summed E-state index contributed by atoms with van der Waals surface area (Å²) in [5.74, 6) is -0.949. The van der Waals surface area contributed by atoms with Gasteiger partial charge >= 0.3 is 17.9 Å². The predicted octanol–water partition coefficient (Wildman–Crippen LogP) is 16.7. The smallest absolute Gasteiger partial charge is 0.306 e. The van der Waals surface area contributed by atoms with E-state index in [0.29, 0.717) is 19.3 Å². The van der Waals surface area contributed by atoms with E-state index in [1.165, 1.54) is 141 Å². The Morgan fingerprint density at radius 2 is 0.667 bits per heavy atom. The lowest BCUT2D eigenvalue weighted by Crippen LogP contribution is -2.30. The summed E-state index contributed by atoms with van der Waals surface area (Å²) in [4.78, 5) is 37.9. The van der Waals surface area contributed by atoms with Crippen LogP contribution in [0.3, 0.4) is 0 Å².